The lowest BCUT2D eigenvalue weighted by Crippen LogP contribution is -2.17. The van der Waals surface area contributed by atoms with Crippen LogP contribution in [0.3, 0.4) is 0 Å². The number of hydrogen-bond acceptors (Lipinski definition) is 4. The maximum Gasteiger partial charge on any atom is 0.155 e. The SMILES string of the molecule is COCC(C)CNc1nnc(Cl)c(C)c1C. The van der Waals surface area contributed by atoms with Gasteiger partial charge in [0.1, 0.15) is 0 Å². The first kappa shape index (κ1) is 13.2. The Bertz CT molecular complexity index is 357. The van der Waals surface area contributed by atoms with Crippen LogP contribution in [0.15, 0.2) is 0 Å². The predicted molar refractivity (Wildman–Crippen MR) is 66.0 cm³/mol. The molecule has 0 spiro atoms. The maximum atomic E-state index is 5.88. The summed E-state index contributed by atoms with van der Waals surface area (Å²) in [4.78, 5) is 0. The molecule has 0 aliphatic heterocycles. The summed E-state index contributed by atoms with van der Waals surface area (Å²) in [5.74, 6) is 1.23. The highest BCUT2D eigenvalue weighted by Crippen LogP contribution is 2.20. The molecule has 1 aromatic heterocycles. The van der Waals surface area contributed by atoms with Crippen molar-refractivity contribution < 1.29 is 4.74 Å². The molecule has 1 N–H and O–H groups in total. The third kappa shape index (κ3) is 3.32. The van der Waals surface area contributed by atoms with E-state index in [4.69, 9.17) is 16.3 Å². The van der Waals surface area contributed by atoms with Gasteiger partial charge in [0.2, 0.25) is 0 Å². The van der Waals surface area contributed by atoms with E-state index in [1.165, 1.54) is 0 Å². The van der Waals surface area contributed by atoms with Crippen LogP contribution in [0.4, 0.5) is 5.82 Å². The van der Waals surface area contributed by atoms with Crippen molar-refractivity contribution in [3.63, 3.8) is 0 Å². The molecule has 16 heavy (non-hydrogen) atoms. The molecule has 0 bridgehead atoms. The number of ether oxygens (including phenoxy) is 1. The third-order valence-corrected chi connectivity index (χ3v) is 2.89. The number of methoxy groups -OCH3 is 1. The molecule has 1 heterocycles. The van der Waals surface area contributed by atoms with Gasteiger partial charge in [-0.15, -0.1) is 10.2 Å². The Labute approximate surface area is 101 Å². The first-order valence-corrected chi connectivity index (χ1v) is 5.66. The average molecular weight is 244 g/mol. The third-order valence-electron chi connectivity index (χ3n) is 2.53. The van der Waals surface area contributed by atoms with Crippen molar-refractivity contribution in [3.8, 4) is 0 Å². The Kier molecular flexibility index (Phi) is 4.96. The van der Waals surface area contributed by atoms with E-state index in [9.17, 15) is 0 Å². The van der Waals surface area contributed by atoms with Crippen molar-refractivity contribution in [2.45, 2.75) is 20.8 Å². The Hall–Kier alpha value is -0.870. The highest BCUT2D eigenvalue weighted by Gasteiger charge is 2.08. The molecule has 5 heteroatoms. The summed E-state index contributed by atoms with van der Waals surface area (Å²) in [5, 5.41) is 11.6. The molecule has 0 fully saturated rings. The number of hydrogen-bond donors (Lipinski definition) is 1. The zero-order valence-corrected chi connectivity index (χ0v) is 10.9. The minimum absolute atomic E-state index is 0.433. The van der Waals surface area contributed by atoms with Gasteiger partial charge >= 0.3 is 0 Å². The number of aromatic nitrogens is 2. The van der Waals surface area contributed by atoms with Crippen molar-refractivity contribution in [1.29, 1.82) is 0 Å². The maximum absolute atomic E-state index is 5.88. The second-order valence-electron chi connectivity index (χ2n) is 4.03. The minimum atomic E-state index is 0.433. The Morgan fingerprint density at radius 2 is 2.00 bits per heavy atom. The zero-order valence-electron chi connectivity index (χ0n) is 10.2. The molecule has 0 saturated carbocycles. The van der Waals surface area contributed by atoms with E-state index in [2.05, 4.69) is 22.4 Å². The summed E-state index contributed by atoms with van der Waals surface area (Å²) >= 11 is 5.88. The van der Waals surface area contributed by atoms with Crippen molar-refractivity contribution in [1.82, 2.24) is 10.2 Å². The topological polar surface area (TPSA) is 47.0 Å². The van der Waals surface area contributed by atoms with Crippen LogP contribution in [0.2, 0.25) is 5.15 Å². The van der Waals surface area contributed by atoms with Gasteiger partial charge in [-0.3, -0.25) is 0 Å². The smallest absolute Gasteiger partial charge is 0.155 e. The molecule has 0 amide bonds. The standard InChI is InChI=1S/C11H18ClN3O/c1-7(6-16-4)5-13-11-9(3)8(2)10(12)14-15-11/h7H,5-6H2,1-4H3,(H,13,15). The van der Waals surface area contributed by atoms with E-state index < -0.39 is 0 Å². The van der Waals surface area contributed by atoms with Gasteiger partial charge in [-0.05, 0) is 30.9 Å². The number of halogens is 1. The minimum Gasteiger partial charge on any atom is -0.384 e. The first-order valence-electron chi connectivity index (χ1n) is 5.28. The van der Waals surface area contributed by atoms with Crippen molar-refractivity contribution in [2.75, 3.05) is 25.6 Å². The van der Waals surface area contributed by atoms with Crippen LogP contribution in [-0.4, -0.2) is 30.5 Å². The molecule has 90 valence electrons. The van der Waals surface area contributed by atoms with E-state index in [0.29, 0.717) is 11.1 Å². The normalized spacial score (nSPS) is 12.6. The van der Waals surface area contributed by atoms with Crippen LogP contribution < -0.4 is 5.32 Å². The fourth-order valence-electron chi connectivity index (χ4n) is 1.36. The van der Waals surface area contributed by atoms with E-state index in [0.717, 1.165) is 30.1 Å². The van der Waals surface area contributed by atoms with E-state index in [-0.39, 0.29) is 0 Å². The Morgan fingerprint density at radius 3 is 2.62 bits per heavy atom. The Balaban J connectivity index is 2.64. The molecule has 1 rings (SSSR count). The molecule has 1 atom stereocenters. The summed E-state index contributed by atoms with van der Waals surface area (Å²) < 4.78 is 5.07. The van der Waals surface area contributed by atoms with E-state index in [1.807, 2.05) is 13.8 Å². The van der Waals surface area contributed by atoms with E-state index in [1.54, 1.807) is 7.11 Å². The quantitative estimate of drug-likeness (QED) is 0.863. The van der Waals surface area contributed by atoms with E-state index >= 15 is 0 Å². The summed E-state index contributed by atoms with van der Waals surface area (Å²) in [6, 6.07) is 0. The lowest BCUT2D eigenvalue weighted by molar-refractivity contribution is 0.164. The summed E-state index contributed by atoms with van der Waals surface area (Å²) in [5.41, 5.74) is 2.02. The van der Waals surface area contributed by atoms with Gasteiger partial charge in [-0.1, -0.05) is 18.5 Å². The van der Waals surface area contributed by atoms with Gasteiger partial charge < -0.3 is 10.1 Å². The van der Waals surface area contributed by atoms with Gasteiger partial charge in [-0.2, -0.15) is 0 Å². The molecular formula is C11H18ClN3O. The van der Waals surface area contributed by atoms with Crippen LogP contribution in [-0.2, 0) is 4.74 Å². The van der Waals surface area contributed by atoms with Crippen molar-refractivity contribution in [2.24, 2.45) is 5.92 Å². The zero-order chi connectivity index (χ0) is 12.1. The number of rotatable bonds is 5. The first-order chi connectivity index (χ1) is 7.56. The highest BCUT2D eigenvalue weighted by atomic mass is 35.5. The summed E-state index contributed by atoms with van der Waals surface area (Å²) in [6.45, 7) is 7.58. The molecule has 0 aromatic carbocycles. The summed E-state index contributed by atoms with van der Waals surface area (Å²) in [7, 11) is 1.70. The number of nitrogens with zero attached hydrogens (tertiary/aromatic N) is 2. The lowest BCUT2D eigenvalue weighted by atomic mass is 10.1. The second kappa shape index (κ2) is 6.01. The molecule has 1 aromatic rings. The van der Waals surface area contributed by atoms with Crippen LogP contribution in [0, 0.1) is 19.8 Å². The van der Waals surface area contributed by atoms with Gasteiger partial charge in [0.15, 0.2) is 11.0 Å². The fourth-order valence-corrected chi connectivity index (χ4v) is 1.54. The van der Waals surface area contributed by atoms with Crippen LogP contribution in [0.5, 0.6) is 0 Å². The highest BCUT2D eigenvalue weighted by molar-refractivity contribution is 6.30. The van der Waals surface area contributed by atoms with Gasteiger partial charge in [0.25, 0.3) is 0 Å². The van der Waals surface area contributed by atoms with Crippen LogP contribution >= 0.6 is 11.6 Å². The largest absolute Gasteiger partial charge is 0.384 e. The van der Waals surface area contributed by atoms with Gasteiger partial charge in [-0.25, -0.2) is 0 Å². The fraction of sp³-hybridized carbons (Fsp3) is 0.636. The second-order valence-corrected chi connectivity index (χ2v) is 4.39. The van der Waals surface area contributed by atoms with Crippen LogP contribution in [0.25, 0.3) is 0 Å². The molecule has 0 saturated heterocycles. The monoisotopic (exact) mass is 243 g/mol. The van der Waals surface area contributed by atoms with Gasteiger partial charge in [0.05, 0.1) is 6.61 Å². The number of anilines is 1. The molecule has 1 unspecified atom stereocenters. The lowest BCUT2D eigenvalue weighted by Gasteiger charge is -2.14. The summed E-state index contributed by atoms with van der Waals surface area (Å²) in [6.07, 6.45) is 0. The number of nitrogens with one attached hydrogen (secondary N) is 1. The Morgan fingerprint density at radius 1 is 1.31 bits per heavy atom. The van der Waals surface area contributed by atoms with Crippen LogP contribution in [0.1, 0.15) is 18.1 Å². The molecule has 4 nitrogen and oxygen atoms in total. The molecular weight excluding hydrogens is 226 g/mol. The van der Waals surface area contributed by atoms with Gasteiger partial charge in [0, 0.05) is 13.7 Å². The molecule has 0 aliphatic carbocycles. The molecule has 0 aliphatic rings. The average Bonchev–Trinajstić information content (AvgIpc) is 2.25. The predicted octanol–water partition coefficient (Wildman–Crippen LogP) is 2.44. The van der Waals surface area contributed by atoms with Crippen molar-refractivity contribution >= 4 is 17.4 Å². The van der Waals surface area contributed by atoms with Crippen molar-refractivity contribution in [3.05, 3.63) is 16.3 Å². The molecule has 0 radical (unpaired) electrons.